The molecule has 0 bridgehead atoms. The second kappa shape index (κ2) is 5.30. The number of hydrogen-bond acceptors (Lipinski definition) is 4. The van der Waals surface area contributed by atoms with E-state index in [2.05, 4.69) is 24.8 Å². The van der Waals surface area contributed by atoms with Crippen molar-refractivity contribution >= 4 is 11.5 Å². The number of benzene rings is 1. The fraction of sp³-hybridized carbons (Fsp3) is 0.609. The molecule has 1 aromatic rings. The first-order valence-corrected chi connectivity index (χ1v) is 10.6. The lowest BCUT2D eigenvalue weighted by Gasteiger charge is -2.48. The van der Waals surface area contributed by atoms with Crippen molar-refractivity contribution in [1.29, 1.82) is 0 Å². The number of fused-ring (bicyclic) bond motifs is 5. The van der Waals surface area contributed by atoms with E-state index in [9.17, 15) is 4.79 Å². The molecule has 6 rings (SSSR count). The monoisotopic (exact) mass is 365 g/mol. The summed E-state index contributed by atoms with van der Waals surface area (Å²) in [6.07, 6.45) is 6.03. The van der Waals surface area contributed by atoms with Crippen molar-refractivity contribution in [2.45, 2.75) is 63.9 Å². The van der Waals surface area contributed by atoms with E-state index in [1.165, 1.54) is 48.3 Å². The number of hydrogen-bond donors (Lipinski definition) is 0. The van der Waals surface area contributed by atoms with Crippen LogP contribution < -0.4 is 9.64 Å². The minimum absolute atomic E-state index is 0.140. The third-order valence-electron chi connectivity index (χ3n) is 7.42. The van der Waals surface area contributed by atoms with E-state index >= 15 is 0 Å². The number of nitrogens with zero attached hydrogens (tertiary/aromatic N) is 1. The van der Waals surface area contributed by atoms with E-state index < -0.39 is 0 Å². The molecule has 4 heterocycles. The molecule has 142 valence electrons. The van der Waals surface area contributed by atoms with Gasteiger partial charge in [-0.05, 0) is 51.2 Å². The second-order valence-corrected chi connectivity index (χ2v) is 9.34. The van der Waals surface area contributed by atoms with Crippen molar-refractivity contribution in [2.24, 2.45) is 5.92 Å². The third kappa shape index (κ3) is 2.07. The summed E-state index contributed by atoms with van der Waals surface area (Å²) in [5.74, 6) is 2.66. The Morgan fingerprint density at radius 3 is 2.78 bits per heavy atom. The van der Waals surface area contributed by atoms with E-state index in [4.69, 9.17) is 9.47 Å². The van der Waals surface area contributed by atoms with Crippen LogP contribution in [0.25, 0.3) is 0 Å². The Balaban J connectivity index is 1.59. The first-order valence-electron chi connectivity index (χ1n) is 10.6. The van der Waals surface area contributed by atoms with Crippen molar-refractivity contribution in [3.8, 4) is 5.75 Å². The normalized spacial score (nSPS) is 30.0. The Kier molecular flexibility index (Phi) is 3.15. The van der Waals surface area contributed by atoms with E-state index in [-0.39, 0.29) is 23.2 Å². The van der Waals surface area contributed by atoms with Crippen molar-refractivity contribution in [3.05, 3.63) is 34.1 Å². The highest BCUT2D eigenvalue weighted by Crippen LogP contribution is 2.56. The zero-order chi connectivity index (χ0) is 18.3. The van der Waals surface area contributed by atoms with Crippen LogP contribution in [-0.4, -0.2) is 31.1 Å². The molecule has 27 heavy (non-hydrogen) atoms. The van der Waals surface area contributed by atoms with Gasteiger partial charge >= 0.3 is 0 Å². The van der Waals surface area contributed by atoms with Gasteiger partial charge in [0.05, 0.1) is 6.61 Å². The number of anilines is 1. The molecule has 4 heteroatoms. The minimum atomic E-state index is -0.301. The third-order valence-corrected chi connectivity index (χ3v) is 7.42. The summed E-state index contributed by atoms with van der Waals surface area (Å²) in [6.45, 7) is 7.30. The summed E-state index contributed by atoms with van der Waals surface area (Å²) in [5.41, 5.74) is 6.25. The Labute approximate surface area is 160 Å². The summed E-state index contributed by atoms with van der Waals surface area (Å²) >= 11 is 0. The van der Waals surface area contributed by atoms with E-state index in [0.717, 1.165) is 36.3 Å². The summed E-state index contributed by atoms with van der Waals surface area (Å²) in [5, 5.41) is 0. The SMILES string of the molecule is CC1(C)OC2=C(C(=O)CC2)[C@H]2c3cc4c5c(c3OC[C@H]21)CCCN5CCC4. The molecule has 0 N–H and O–H groups in total. The Hall–Kier alpha value is -1.97. The number of carbonyl (C=O) groups is 1. The van der Waals surface area contributed by atoms with Gasteiger partial charge < -0.3 is 14.4 Å². The quantitative estimate of drug-likeness (QED) is 0.699. The largest absolute Gasteiger partial charge is 0.492 e. The van der Waals surface area contributed by atoms with Gasteiger partial charge in [0.25, 0.3) is 0 Å². The fourth-order valence-corrected chi connectivity index (χ4v) is 6.20. The van der Waals surface area contributed by atoms with Crippen LogP contribution in [0.4, 0.5) is 5.69 Å². The fourth-order valence-electron chi connectivity index (χ4n) is 6.20. The summed E-state index contributed by atoms with van der Waals surface area (Å²) in [6, 6.07) is 2.39. The second-order valence-electron chi connectivity index (χ2n) is 9.34. The molecule has 0 radical (unpaired) electrons. The highest BCUT2D eigenvalue weighted by molar-refractivity contribution is 6.00. The van der Waals surface area contributed by atoms with Gasteiger partial charge in [0.1, 0.15) is 17.1 Å². The highest BCUT2D eigenvalue weighted by Gasteiger charge is 2.52. The molecule has 1 aromatic carbocycles. The number of ketones is 1. The van der Waals surface area contributed by atoms with Crippen LogP contribution in [0.5, 0.6) is 5.75 Å². The molecule has 0 unspecified atom stereocenters. The van der Waals surface area contributed by atoms with Gasteiger partial charge in [-0.3, -0.25) is 4.79 Å². The maximum atomic E-state index is 12.8. The van der Waals surface area contributed by atoms with E-state index in [1.807, 2.05) is 0 Å². The van der Waals surface area contributed by atoms with E-state index in [0.29, 0.717) is 13.0 Å². The lowest BCUT2D eigenvalue weighted by molar-refractivity contribution is -0.116. The molecule has 4 nitrogen and oxygen atoms in total. The predicted octanol–water partition coefficient (Wildman–Crippen LogP) is 3.90. The van der Waals surface area contributed by atoms with Gasteiger partial charge in [-0.1, -0.05) is 0 Å². The Morgan fingerprint density at radius 2 is 1.93 bits per heavy atom. The molecule has 0 saturated carbocycles. The van der Waals surface area contributed by atoms with Gasteiger partial charge in [0.2, 0.25) is 0 Å². The van der Waals surface area contributed by atoms with Crippen molar-refractivity contribution in [1.82, 2.24) is 0 Å². The van der Waals surface area contributed by atoms with Crippen molar-refractivity contribution < 1.29 is 14.3 Å². The Bertz CT molecular complexity index is 895. The lowest BCUT2D eigenvalue weighted by Crippen LogP contribution is -2.48. The molecule has 0 saturated heterocycles. The highest BCUT2D eigenvalue weighted by atomic mass is 16.5. The van der Waals surface area contributed by atoms with Crippen LogP contribution in [0, 0.1) is 5.92 Å². The van der Waals surface area contributed by atoms with Gasteiger partial charge in [-0.15, -0.1) is 0 Å². The van der Waals surface area contributed by atoms with Crippen LogP contribution in [0.2, 0.25) is 0 Å². The number of ether oxygens (including phenoxy) is 2. The number of rotatable bonds is 0. The average Bonchev–Trinajstić information content (AvgIpc) is 3.01. The average molecular weight is 365 g/mol. The van der Waals surface area contributed by atoms with Crippen LogP contribution in [-0.2, 0) is 22.4 Å². The molecule has 2 atom stereocenters. The van der Waals surface area contributed by atoms with Gasteiger partial charge in [-0.2, -0.15) is 0 Å². The number of carbonyl (C=O) groups excluding carboxylic acids is 1. The zero-order valence-corrected chi connectivity index (χ0v) is 16.3. The number of aryl methyl sites for hydroxylation is 1. The molecule has 5 aliphatic rings. The molecular formula is C23H27NO3. The predicted molar refractivity (Wildman–Crippen MR) is 103 cm³/mol. The van der Waals surface area contributed by atoms with Gasteiger partial charge in [0.15, 0.2) is 5.78 Å². The summed E-state index contributed by atoms with van der Waals surface area (Å²) in [7, 11) is 0. The number of Topliss-reactive ketones (excluding diaryl/α,β-unsaturated/α-hetero) is 1. The Morgan fingerprint density at radius 1 is 1.11 bits per heavy atom. The molecule has 0 spiro atoms. The molecule has 0 amide bonds. The first kappa shape index (κ1) is 16.0. The minimum Gasteiger partial charge on any atom is -0.492 e. The smallest absolute Gasteiger partial charge is 0.163 e. The summed E-state index contributed by atoms with van der Waals surface area (Å²) in [4.78, 5) is 15.4. The van der Waals surface area contributed by atoms with E-state index in [1.54, 1.807) is 0 Å². The standard InChI is InChI=1S/C23H27NO3/c1-23(2)16-12-26-22-14-6-4-10-24-9-3-5-13(21(14)24)11-15(22)19(16)20-17(25)7-8-18(20)27-23/h11,16,19H,3-10,12H2,1-2H3/t16-,19+/m1/s1. The van der Waals surface area contributed by atoms with Crippen LogP contribution in [0.3, 0.4) is 0 Å². The zero-order valence-electron chi connectivity index (χ0n) is 16.3. The topological polar surface area (TPSA) is 38.8 Å². The lowest BCUT2D eigenvalue weighted by atomic mass is 9.68. The van der Waals surface area contributed by atoms with Gasteiger partial charge in [0, 0.05) is 60.2 Å². The van der Waals surface area contributed by atoms with Crippen LogP contribution in [0.1, 0.15) is 62.1 Å². The maximum Gasteiger partial charge on any atom is 0.163 e. The molecule has 1 aliphatic carbocycles. The first-order chi connectivity index (χ1) is 13.0. The molecule has 0 aromatic heterocycles. The number of allylic oxidation sites excluding steroid dienone is 2. The maximum absolute atomic E-state index is 12.8. The van der Waals surface area contributed by atoms with Crippen LogP contribution in [0.15, 0.2) is 17.4 Å². The summed E-state index contributed by atoms with van der Waals surface area (Å²) < 4.78 is 12.8. The molecule has 0 fully saturated rings. The van der Waals surface area contributed by atoms with Crippen LogP contribution >= 0.6 is 0 Å². The van der Waals surface area contributed by atoms with Crippen molar-refractivity contribution in [2.75, 3.05) is 24.6 Å². The van der Waals surface area contributed by atoms with Crippen molar-refractivity contribution in [3.63, 3.8) is 0 Å². The molecular weight excluding hydrogens is 338 g/mol. The molecule has 4 aliphatic heterocycles. The van der Waals surface area contributed by atoms with Gasteiger partial charge in [-0.25, -0.2) is 0 Å².